The topological polar surface area (TPSA) is 163 Å². The number of hydrogen-bond acceptors (Lipinski definition) is 6. The van der Waals surface area contributed by atoms with Gasteiger partial charge in [0.2, 0.25) is 21.8 Å². The van der Waals surface area contributed by atoms with Crippen LogP contribution < -0.4 is 15.8 Å². The van der Waals surface area contributed by atoms with E-state index in [2.05, 4.69) is 10.0 Å². The second-order valence-corrected chi connectivity index (χ2v) is 10.8. The van der Waals surface area contributed by atoms with Crippen molar-refractivity contribution < 1.29 is 22.8 Å². The lowest BCUT2D eigenvalue weighted by atomic mass is 10.0. The number of amidine groups is 1. The number of rotatable bonds is 9. The second kappa shape index (κ2) is 12.8. The number of nitrogens with zero attached hydrogens (tertiary/aromatic N) is 1. The molecule has 0 bridgehead atoms. The van der Waals surface area contributed by atoms with Crippen LogP contribution in [0.15, 0.2) is 59.5 Å². The fraction of sp³-hybridized carbons (Fsp3) is 0.360. The first-order chi connectivity index (χ1) is 17.0. The van der Waals surface area contributed by atoms with Crippen molar-refractivity contribution in [1.82, 2.24) is 14.9 Å². The van der Waals surface area contributed by atoms with E-state index in [1.165, 1.54) is 41.3 Å². The molecule has 0 unspecified atom stereocenters. The number of likely N-dealkylation sites (tertiary alicyclic amines) is 1. The van der Waals surface area contributed by atoms with Gasteiger partial charge in [0, 0.05) is 17.7 Å². The Labute approximate surface area is 223 Å². The average Bonchev–Trinajstić information content (AvgIpc) is 3.33. The van der Waals surface area contributed by atoms with Gasteiger partial charge in [0.15, 0.2) is 0 Å². The molecule has 1 aliphatic rings. The van der Waals surface area contributed by atoms with Gasteiger partial charge in [-0.3, -0.25) is 25.1 Å². The number of benzene rings is 2. The molecule has 1 heterocycles. The van der Waals surface area contributed by atoms with Crippen molar-refractivity contribution in [2.75, 3.05) is 6.54 Å². The summed E-state index contributed by atoms with van der Waals surface area (Å²) in [5.74, 6) is -1.91. The van der Waals surface area contributed by atoms with Gasteiger partial charge < -0.3 is 10.6 Å². The van der Waals surface area contributed by atoms with Gasteiger partial charge in [-0.05, 0) is 49.4 Å². The molecule has 5 N–H and O–H groups in total. The first-order valence-corrected chi connectivity index (χ1v) is 13.2. The van der Waals surface area contributed by atoms with Crippen molar-refractivity contribution in [3.05, 3.63) is 65.7 Å². The molecule has 1 saturated heterocycles. The van der Waals surface area contributed by atoms with Gasteiger partial charge in [0.1, 0.15) is 17.9 Å². The van der Waals surface area contributed by atoms with Crippen LogP contribution in [0.2, 0.25) is 0 Å². The van der Waals surface area contributed by atoms with E-state index in [0.29, 0.717) is 18.4 Å². The molecule has 10 nitrogen and oxygen atoms in total. The Morgan fingerprint density at radius 2 is 1.65 bits per heavy atom. The molecule has 0 aliphatic carbocycles. The van der Waals surface area contributed by atoms with Crippen LogP contribution in [0.1, 0.15) is 49.0 Å². The van der Waals surface area contributed by atoms with Gasteiger partial charge in [0.05, 0.1) is 4.90 Å². The zero-order valence-electron chi connectivity index (χ0n) is 20.6. The number of amides is 3. The van der Waals surface area contributed by atoms with Crippen molar-refractivity contribution in [2.24, 2.45) is 11.7 Å². The standard InChI is InChI=1S/C25H31N5O5S.ClH/c1-16(2)15-20(29-36(34,35)19-7-4-3-5-8-19)25(33)30-14-6-9-21(30)24(32)28-23(31)18-12-10-17(11-13-18)22(26)27;/h3-5,7-8,10-13,16,20-21,29H,6,9,14-15H2,1-2H3,(H3,26,27)(H,28,31,32);1H/t20-,21-;/m0./s1. The van der Waals surface area contributed by atoms with Crippen LogP contribution in [0.3, 0.4) is 0 Å². The molecule has 1 aliphatic heterocycles. The Morgan fingerprint density at radius 3 is 2.22 bits per heavy atom. The Kier molecular flexibility index (Phi) is 10.4. The van der Waals surface area contributed by atoms with Crippen LogP contribution in [0, 0.1) is 11.3 Å². The number of carbonyl (C=O) groups excluding carboxylic acids is 3. The Morgan fingerprint density at radius 1 is 1.05 bits per heavy atom. The van der Waals surface area contributed by atoms with Gasteiger partial charge in [0.25, 0.3) is 5.91 Å². The molecule has 200 valence electrons. The maximum Gasteiger partial charge on any atom is 0.257 e. The summed E-state index contributed by atoms with van der Waals surface area (Å²) in [6, 6.07) is 11.7. The maximum atomic E-state index is 13.5. The van der Waals surface area contributed by atoms with Crippen LogP contribution in [0.5, 0.6) is 0 Å². The van der Waals surface area contributed by atoms with E-state index in [1.54, 1.807) is 18.2 Å². The molecule has 3 rings (SSSR count). The highest BCUT2D eigenvalue weighted by Crippen LogP contribution is 2.22. The fourth-order valence-corrected chi connectivity index (χ4v) is 5.32. The lowest BCUT2D eigenvalue weighted by molar-refractivity contribution is -0.139. The Balaban J connectivity index is 0.00000481. The summed E-state index contributed by atoms with van der Waals surface area (Å²) < 4.78 is 28.3. The number of nitrogens with one attached hydrogen (secondary N) is 3. The first kappa shape index (κ1) is 29.9. The number of carbonyl (C=O) groups is 3. The van der Waals surface area contributed by atoms with E-state index in [4.69, 9.17) is 11.1 Å². The van der Waals surface area contributed by atoms with E-state index < -0.39 is 39.8 Å². The molecule has 3 amide bonds. The molecule has 0 radical (unpaired) electrons. The third-order valence-corrected chi connectivity index (χ3v) is 7.38. The van der Waals surface area contributed by atoms with Gasteiger partial charge in [-0.15, -0.1) is 12.4 Å². The van der Waals surface area contributed by atoms with Crippen LogP contribution in [0.25, 0.3) is 0 Å². The van der Waals surface area contributed by atoms with E-state index in [1.807, 2.05) is 13.8 Å². The van der Waals surface area contributed by atoms with Crippen LogP contribution >= 0.6 is 12.4 Å². The first-order valence-electron chi connectivity index (χ1n) is 11.7. The predicted molar refractivity (Wildman–Crippen MR) is 142 cm³/mol. The highest BCUT2D eigenvalue weighted by atomic mass is 35.5. The van der Waals surface area contributed by atoms with Gasteiger partial charge >= 0.3 is 0 Å². The zero-order valence-corrected chi connectivity index (χ0v) is 22.3. The van der Waals surface area contributed by atoms with Crippen LogP contribution in [0.4, 0.5) is 0 Å². The van der Waals surface area contributed by atoms with Crippen molar-refractivity contribution in [1.29, 1.82) is 5.41 Å². The maximum absolute atomic E-state index is 13.5. The highest BCUT2D eigenvalue weighted by Gasteiger charge is 2.39. The van der Waals surface area contributed by atoms with Crippen molar-refractivity contribution in [3.8, 4) is 0 Å². The summed E-state index contributed by atoms with van der Waals surface area (Å²) in [6.45, 7) is 4.03. The van der Waals surface area contributed by atoms with Gasteiger partial charge in [-0.1, -0.05) is 44.2 Å². The minimum Gasteiger partial charge on any atom is -0.384 e. The van der Waals surface area contributed by atoms with E-state index in [9.17, 15) is 22.8 Å². The van der Waals surface area contributed by atoms with Crippen molar-refractivity contribution in [3.63, 3.8) is 0 Å². The predicted octanol–water partition coefficient (Wildman–Crippen LogP) is 2.03. The Hall–Kier alpha value is -3.28. The summed E-state index contributed by atoms with van der Waals surface area (Å²) in [7, 11) is -3.96. The summed E-state index contributed by atoms with van der Waals surface area (Å²) in [6.07, 6.45) is 1.15. The molecular formula is C25H32ClN5O5S. The van der Waals surface area contributed by atoms with E-state index in [0.717, 1.165) is 0 Å². The van der Waals surface area contributed by atoms with Crippen molar-refractivity contribution >= 4 is 46.0 Å². The molecular weight excluding hydrogens is 518 g/mol. The lowest BCUT2D eigenvalue weighted by Crippen LogP contribution is -2.54. The number of sulfonamides is 1. The smallest absolute Gasteiger partial charge is 0.257 e. The molecule has 37 heavy (non-hydrogen) atoms. The molecule has 2 aromatic rings. The summed E-state index contributed by atoms with van der Waals surface area (Å²) >= 11 is 0. The minimum atomic E-state index is -3.96. The van der Waals surface area contributed by atoms with Crippen LogP contribution in [-0.4, -0.2) is 55.5 Å². The molecule has 1 fully saturated rings. The molecule has 0 spiro atoms. The van der Waals surface area contributed by atoms with Gasteiger partial charge in [-0.25, -0.2) is 8.42 Å². The van der Waals surface area contributed by atoms with Crippen molar-refractivity contribution in [2.45, 2.75) is 50.1 Å². The zero-order chi connectivity index (χ0) is 26.5. The molecule has 0 saturated carbocycles. The van der Waals surface area contributed by atoms with E-state index in [-0.39, 0.29) is 47.6 Å². The van der Waals surface area contributed by atoms with Gasteiger partial charge in [-0.2, -0.15) is 4.72 Å². The third-order valence-electron chi connectivity index (χ3n) is 5.89. The summed E-state index contributed by atoms with van der Waals surface area (Å²) in [5, 5.41) is 9.76. The largest absolute Gasteiger partial charge is 0.384 e. The molecule has 2 atom stereocenters. The number of nitrogen functional groups attached to an aromatic ring is 1. The fourth-order valence-electron chi connectivity index (χ4n) is 4.10. The van der Waals surface area contributed by atoms with E-state index >= 15 is 0 Å². The molecule has 0 aromatic heterocycles. The van der Waals surface area contributed by atoms with Crippen LogP contribution in [-0.2, 0) is 19.6 Å². The highest BCUT2D eigenvalue weighted by molar-refractivity contribution is 7.89. The SMILES string of the molecule is CC(C)C[C@H](NS(=O)(=O)c1ccccc1)C(=O)N1CCC[C@H]1C(=O)NC(=O)c1ccc(C(=N)N)cc1.Cl. The lowest BCUT2D eigenvalue weighted by Gasteiger charge is -2.29. The molecule has 12 heteroatoms. The molecule has 2 aromatic carbocycles. The monoisotopic (exact) mass is 549 g/mol. The number of nitrogens with two attached hydrogens (primary N) is 1. The minimum absolute atomic E-state index is 0. The number of imide groups is 1. The third kappa shape index (κ3) is 7.61. The average molecular weight is 550 g/mol. The Bertz CT molecular complexity index is 1240. The number of halogens is 1. The number of hydrogen-bond donors (Lipinski definition) is 4. The normalized spacial score (nSPS) is 16.1. The summed E-state index contributed by atoms with van der Waals surface area (Å²) in [4.78, 5) is 40.4. The second-order valence-electron chi connectivity index (χ2n) is 9.12. The summed E-state index contributed by atoms with van der Waals surface area (Å²) in [5.41, 5.74) is 6.07. The quantitative estimate of drug-likeness (QED) is 0.212.